The highest BCUT2D eigenvalue weighted by Gasteiger charge is 2.35. The molecule has 0 saturated carbocycles. The van der Waals surface area contributed by atoms with Gasteiger partial charge in [-0.25, -0.2) is 0 Å². The topological polar surface area (TPSA) is 75.3 Å². The van der Waals surface area contributed by atoms with Gasteiger partial charge in [-0.1, -0.05) is 23.7 Å². The Morgan fingerprint density at radius 1 is 0.926 bits per heavy atom. The van der Waals surface area contributed by atoms with Gasteiger partial charge < -0.3 is 10.6 Å². The maximum Gasteiger partial charge on any atom is 0.239 e. The van der Waals surface area contributed by atoms with E-state index in [1.54, 1.807) is 50.2 Å². The fourth-order valence-corrected chi connectivity index (χ4v) is 2.50. The van der Waals surface area contributed by atoms with Gasteiger partial charge in [0.05, 0.1) is 0 Å². The molecule has 0 fully saturated rings. The van der Waals surface area contributed by atoms with Crippen molar-refractivity contribution in [2.24, 2.45) is 5.41 Å². The van der Waals surface area contributed by atoms with E-state index in [1.165, 1.54) is 6.92 Å². The van der Waals surface area contributed by atoms with Crippen LogP contribution >= 0.6 is 11.6 Å². The van der Waals surface area contributed by atoms with E-state index in [9.17, 15) is 14.4 Å². The van der Waals surface area contributed by atoms with Gasteiger partial charge in [-0.05, 0) is 69.2 Å². The molecule has 6 heteroatoms. The zero-order chi connectivity index (χ0) is 20.0. The van der Waals surface area contributed by atoms with Crippen LogP contribution in [0.25, 0.3) is 0 Å². The van der Waals surface area contributed by atoms with Crippen LogP contribution in [0.1, 0.15) is 36.7 Å². The number of nitrogens with one attached hydrogen (secondary N) is 2. The molecule has 2 N–H and O–H groups in total. The molecule has 0 aliphatic carbocycles. The maximum atomic E-state index is 12.5. The van der Waals surface area contributed by atoms with E-state index < -0.39 is 11.3 Å². The first kappa shape index (κ1) is 20.6. The van der Waals surface area contributed by atoms with Gasteiger partial charge in [-0.3, -0.25) is 14.4 Å². The number of hydrogen-bond donors (Lipinski definition) is 2. The molecule has 5 nitrogen and oxygen atoms in total. The average molecular weight is 387 g/mol. The van der Waals surface area contributed by atoms with Crippen molar-refractivity contribution in [1.82, 2.24) is 5.32 Å². The lowest BCUT2D eigenvalue weighted by Gasteiger charge is -2.22. The zero-order valence-corrected chi connectivity index (χ0v) is 16.4. The average Bonchev–Trinajstić information content (AvgIpc) is 2.63. The van der Waals surface area contributed by atoms with Crippen LogP contribution in [-0.2, 0) is 16.0 Å². The summed E-state index contributed by atoms with van der Waals surface area (Å²) in [4.78, 5) is 36.3. The molecule has 2 rings (SSSR count). The van der Waals surface area contributed by atoms with E-state index in [0.29, 0.717) is 29.2 Å². The van der Waals surface area contributed by atoms with E-state index in [1.807, 2.05) is 12.1 Å². The van der Waals surface area contributed by atoms with Gasteiger partial charge in [-0.2, -0.15) is 0 Å². The minimum Gasteiger partial charge on any atom is -0.355 e. The van der Waals surface area contributed by atoms with E-state index in [4.69, 9.17) is 11.6 Å². The summed E-state index contributed by atoms with van der Waals surface area (Å²) < 4.78 is 0. The Bertz CT molecular complexity index is 828. The lowest BCUT2D eigenvalue weighted by Crippen LogP contribution is -2.45. The molecule has 0 aromatic heterocycles. The number of carbonyl (C=O) groups excluding carboxylic acids is 3. The quantitative estimate of drug-likeness (QED) is 0.560. The Morgan fingerprint density at radius 3 is 2.07 bits per heavy atom. The van der Waals surface area contributed by atoms with Gasteiger partial charge in [0.25, 0.3) is 0 Å². The third kappa shape index (κ3) is 5.66. The molecule has 2 amide bonds. The predicted octanol–water partition coefficient (Wildman–Crippen LogP) is 3.87. The van der Waals surface area contributed by atoms with E-state index in [-0.39, 0.29) is 11.7 Å². The number of Topliss-reactive ketones (excluding diaryl/α,β-unsaturated/α-hetero) is 1. The third-order valence-electron chi connectivity index (χ3n) is 4.30. The lowest BCUT2D eigenvalue weighted by atomic mass is 9.90. The van der Waals surface area contributed by atoms with Crippen molar-refractivity contribution in [1.29, 1.82) is 0 Å². The highest BCUT2D eigenvalue weighted by molar-refractivity contribution is 6.30. The van der Waals surface area contributed by atoms with Gasteiger partial charge >= 0.3 is 0 Å². The summed E-state index contributed by atoms with van der Waals surface area (Å²) in [6, 6.07) is 14.0. The summed E-state index contributed by atoms with van der Waals surface area (Å²) >= 11 is 5.85. The van der Waals surface area contributed by atoms with Crippen LogP contribution in [0.5, 0.6) is 0 Å². The van der Waals surface area contributed by atoms with Crippen LogP contribution in [0.15, 0.2) is 48.5 Å². The fourth-order valence-electron chi connectivity index (χ4n) is 2.37. The smallest absolute Gasteiger partial charge is 0.239 e. The molecule has 0 radical (unpaired) electrons. The predicted molar refractivity (Wildman–Crippen MR) is 107 cm³/mol. The molecule has 142 valence electrons. The van der Waals surface area contributed by atoms with Gasteiger partial charge in [0, 0.05) is 22.8 Å². The minimum atomic E-state index is -1.24. The van der Waals surface area contributed by atoms with Crippen molar-refractivity contribution in [3.8, 4) is 0 Å². The molecule has 2 aromatic rings. The Balaban J connectivity index is 1.90. The third-order valence-corrected chi connectivity index (χ3v) is 4.55. The molecule has 0 bridgehead atoms. The van der Waals surface area contributed by atoms with Crippen LogP contribution in [-0.4, -0.2) is 24.1 Å². The fraction of sp³-hybridized carbons (Fsp3) is 0.286. The largest absolute Gasteiger partial charge is 0.355 e. The standard InChI is InChI=1S/C21H23ClN2O3/c1-14(25)16-6-10-18(11-7-16)24-20(27)21(2,3)19(26)23-13-12-15-4-8-17(22)9-5-15/h4-11H,12-13H2,1-3H3,(H,23,26)(H,24,27). The molecule has 0 heterocycles. The van der Waals surface area contributed by atoms with Crippen LogP contribution in [0.2, 0.25) is 5.02 Å². The van der Waals surface area contributed by atoms with Crippen molar-refractivity contribution in [3.05, 3.63) is 64.7 Å². The molecule has 2 aromatic carbocycles. The first-order valence-corrected chi connectivity index (χ1v) is 9.03. The molecule has 0 aliphatic heterocycles. The van der Waals surface area contributed by atoms with E-state index in [2.05, 4.69) is 10.6 Å². The zero-order valence-electron chi connectivity index (χ0n) is 15.6. The number of benzene rings is 2. The molecule has 0 spiro atoms. The van der Waals surface area contributed by atoms with Gasteiger partial charge in [0.1, 0.15) is 5.41 Å². The van der Waals surface area contributed by atoms with Crippen molar-refractivity contribution in [2.45, 2.75) is 27.2 Å². The number of halogens is 1. The lowest BCUT2D eigenvalue weighted by molar-refractivity contribution is -0.138. The highest BCUT2D eigenvalue weighted by atomic mass is 35.5. The molecule has 0 saturated heterocycles. The Labute approximate surface area is 164 Å². The van der Waals surface area contributed by atoms with Crippen LogP contribution in [0.3, 0.4) is 0 Å². The molecule has 27 heavy (non-hydrogen) atoms. The Morgan fingerprint density at radius 2 is 1.52 bits per heavy atom. The monoisotopic (exact) mass is 386 g/mol. The minimum absolute atomic E-state index is 0.0479. The van der Waals surface area contributed by atoms with Crippen LogP contribution < -0.4 is 10.6 Å². The maximum absolute atomic E-state index is 12.5. The van der Waals surface area contributed by atoms with Crippen molar-refractivity contribution in [3.63, 3.8) is 0 Å². The SMILES string of the molecule is CC(=O)c1ccc(NC(=O)C(C)(C)C(=O)NCCc2ccc(Cl)cc2)cc1. The van der Waals surface area contributed by atoms with E-state index in [0.717, 1.165) is 5.56 Å². The van der Waals surface area contributed by atoms with Crippen molar-refractivity contribution >= 4 is 34.9 Å². The van der Waals surface area contributed by atoms with Gasteiger partial charge in [-0.15, -0.1) is 0 Å². The summed E-state index contributed by atoms with van der Waals surface area (Å²) in [5.74, 6) is -0.815. The summed E-state index contributed by atoms with van der Waals surface area (Å²) in [6.45, 7) is 5.04. The molecule has 0 atom stereocenters. The molecule has 0 unspecified atom stereocenters. The number of ketones is 1. The van der Waals surface area contributed by atoms with E-state index >= 15 is 0 Å². The Kier molecular flexibility index (Phi) is 6.75. The normalized spacial score (nSPS) is 11.0. The first-order chi connectivity index (χ1) is 12.7. The Hall–Kier alpha value is -2.66. The van der Waals surface area contributed by atoms with Crippen molar-refractivity contribution in [2.75, 3.05) is 11.9 Å². The van der Waals surface area contributed by atoms with Gasteiger partial charge in [0.15, 0.2) is 5.78 Å². The second kappa shape index (κ2) is 8.82. The summed E-state index contributed by atoms with van der Waals surface area (Å²) in [7, 11) is 0. The van der Waals surface area contributed by atoms with Crippen LogP contribution in [0, 0.1) is 5.41 Å². The second-order valence-electron chi connectivity index (χ2n) is 6.85. The number of rotatable bonds is 7. The summed E-state index contributed by atoms with van der Waals surface area (Å²) in [6.07, 6.45) is 0.646. The second-order valence-corrected chi connectivity index (χ2v) is 7.28. The van der Waals surface area contributed by atoms with Gasteiger partial charge in [0.2, 0.25) is 11.8 Å². The van der Waals surface area contributed by atoms with Crippen molar-refractivity contribution < 1.29 is 14.4 Å². The number of anilines is 1. The first-order valence-electron chi connectivity index (χ1n) is 8.65. The molecular weight excluding hydrogens is 364 g/mol. The summed E-state index contributed by atoms with van der Waals surface area (Å²) in [5, 5.41) is 6.18. The summed E-state index contributed by atoms with van der Waals surface area (Å²) in [5.41, 5.74) is 0.908. The highest BCUT2D eigenvalue weighted by Crippen LogP contribution is 2.20. The number of carbonyl (C=O) groups is 3. The molecule has 0 aliphatic rings. The number of hydrogen-bond acceptors (Lipinski definition) is 3. The molecular formula is C21H23ClN2O3. The number of amides is 2. The van der Waals surface area contributed by atoms with Crippen LogP contribution in [0.4, 0.5) is 5.69 Å².